The summed E-state index contributed by atoms with van der Waals surface area (Å²) in [5, 5.41) is 15.9. The third-order valence-electron chi connectivity index (χ3n) is 14.4. The molecule has 12 nitrogen and oxygen atoms in total. The number of rotatable bonds is 6. The molecule has 0 spiro atoms. The zero-order valence-corrected chi connectivity index (χ0v) is 53.2. The average molecular weight is 1510 g/mol. The standard InChI is InChI=1S/C29H18F5N3O3.C10H5BrF3N.C10H10F3IO.C10H7F3N2.C9H8N2/c30-20-8-3-9-21(31)23(20)27(38)37-22(28(39)40)13-15-10-11-19(25-18(15)7-4-12-35-25)26-24(29(32,33)34)17-6-2-1-5-16(17)14-36-26;11-9-8(10(12,13)14)7-4-2-1-3-6(7)5-15-9;1-9(2)7-5-3-4-6-8(7)14(15-9)10(11,12)13;11-10(12,13)8-7-4-2-1-3-6(7)5-15-9(8)14;10-9-5-7-3-1-2-4-8(7)6-11-9/h1-12,14,22H,13H2,(H,37,38)(H,39,40);1-5H;3-6H,1-2H3;1-5H,(H2,14,15);1-6H,(H2,10,11)/t22-;;;;/m0..../s1. The van der Waals surface area contributed by atoms with E-state index in [1.54, 1.807) is 86.8 Å². The molecule has 0 aliphatic carbocycles. The fraction of sp³-hybridized carbons (Fsp3) is 0.132. The first-order valence-electron chi connectivity index (χ1n) is 28.0. The maximum atomic E-state index is 14.3. The summed E-state index contributed by atoms with van der Waals surface area (Å²) in [7, 11) is 0. The van der Waals surface area contributed by atoms with Crippen LogP contribution in [0.2, 0.25) is 0 Å². The summed E-state index contributed by atoms with van der Waals surface area (Å²) in [6.07, 6.45) is -6.73. The first-order chi connectivity index (χ1) is 45.2. The molecule has 0 unspecified atom stereocenters. The van der Waals surface area contributed by atoms with Gasteiger partial charge in [-0.2, -0.15) is 39.5 Å². The van der Waals surface area contributed by atoms with Crippen molar-refractivity contribution in [2.24, 2.45) is 0 Å². The van der Waals surface area contributed by atoms with Gasteiger partial charge in [-0.25, -0.2) is 28.5 Å². The van der Waals surface area contributed by atoms with Gasteiger partial charge in [0, 0.05) is 69.9 Å². The van der Waals surface area contributed by atoms with Crippen molar-refractivity contribution in [2.75, 3.05) is 11.5 Å². The SMILES string of the molecule is CC1(C)OI(C(F)(F)F)c2ccccc21.FC(F)(F)c1c(Br)ncc2ccccc12.Nc1cc2ccccc2cn1.Nc1ncc2ccccc2c1C(F)(F)F.O=C(N[C@@H](Cc1ccc(-c2ncc3ccccc3c2C(F)(F)F)c2ncccc12)C(=O)O)c1c(F)cccc1F. The quantitative estimate of drug-likeness (QED) is 0.0536. The molecule has 0 saturated carbocycles. The monoisotopic (exact) mass is 1510 g/mol. The second kappa shape index (κ2) is 28.7. The number of nitrogen functional groups attached to an aromatic ring is 2. The molecule has 96 heavy (non-hydrogen) atoms. The van der Waals surface area contributed by atoms with Crippen LogP contribution in [-0.4, -0.2) is 52.1 Å². The van der Waals surface area contributed by atoms with Crippen molar-refractivity contribution < 1.29 is 79.2 Å². The number of hydrogen-bond donors (Lipinski definition) is 4. The third kappa shape index (κ3) is 16.2. The second-order valence-electron chi connectivity index (χ2n) is 21.2. The Morgan fingerprint density at radius 2 is 1.05 bits per heavy atom. The number of hydrogen-bond acceptors (Lipinski definition) is 10. The number of anilines is 2. The van der Waals surface area contributed by atoms with Crippen molar-refractivity contribution in [2.45, 2.75) is 54.6 Å². The molecule has 0 fully saturated rings. The van der Waals surface area contributed by atoms with Crippen LogP contribution in [0, 0.1) is 15.2 Å². The number of nitrogens with two attached hydrogens (primary N) is 2. The first-order valence-corrected chi connectivity index (χ1v) is 31.8. The van der Waals surface area contributed by atoms with E-state index in [0.717, 1.165) is 29.0 Å². The predicted molar refractivity (Wildman–Crippen MR) is 348 cm³/mol. The zero-order chi connectivity index (χ0) is 69.7. The number of pyridine rings is 5. The van der Waals surface area contributed by atoms with Gasteiger partial charge in [0.1, 0.15) is 45.0 Å². The number of aliphatic carboxylic acids is 1. The number of benzene rings is 7. The minimum atomic E-state index is -4.75. The topological polar surface area (TPSA) is 192 Å². The van der Waals surface area contributed by atoms with Crippen LogP contribution in [0.15, 0.2) is 205 Å². The van der Waals surface area contributed by atoms with Crippen molar-refractivity contribution in [1.29, 1.82) is 0 Å². The Bertz CT molecular complexity index is 4750. The van der Waals surface area contributed by atoms with E-state index in [4.69, 9.17) is 14.5 Å². The molecule has 6 N–H and O–H groups in total. The Kier molecular flexibility index (Phi) is 21.1. The molecular weight excluding hydrogens is 1470 g/mol. The van der Waals surface area contributed by atoms with E-state index in [9.17, 15) is 76.2 Å². The Labute approximate surface area is 551 Å². The Hall–Kier alpha value is -9.68. The molecule has 12 aromatic rings. The maximum Gasteiger partial charge on any atom is 0.420 e. The van der Waals surface area contributed by atoms with Gasteiger partial charge in [0.2, 0.25) is 0 Å². The molecule has 5 aromatic heterocycles. The van der Waals surface area contributed by atoms with Crippen molar-refractivity contribution in [1.82, 2.24) is 30.2 Å². The third-order valence-corrected chi connectivity index (χ3v) is 19.6. The van der Waals surface area contributed by atoms with Gasteiger partial charge >= 0.3 is 118 Å². The number of fused-ring (bicyclic) bond motifs is 6. The summed E-state index contributed by atoms with van der Waals surface area (Å²) in [6, 6.07) is 42.0. The van der Waals surface area contributed by atoms with Crippen LogP contribution >= 0.6 is 36.2 Å². The van der Waals surface area contributed by atoms with Crippen LogP contribution in [0.25, 0.3) is 65.3 Å². The second-order valence-corrected chi connectivity index (χ2v) is 26.2. The van der Waals surface area contributed by atoms with Crippen LogP contribution in [0.3, 0.4) is 0 Å². The summed E-state index contributed by atoms with van der Waals surface area (Å²) in [4.78, 5) is 44.1. The number of alkyl halides is 13. The average Bonchev–Trinajstić information content (AvgIpc) is 1.37. The van der Waals surface area contributed by atoms with Gasteiger partial charge in [0.05, 0.1) is 22.3 Å². The van der Waals surface area contributed by atoms with Crippen molar-refractivity contribution in [3.05, 3.63) is 254 Å². The van der Waals surface area contributed by atoms with Gasteiger partial charge in [0.25, 0.3) is 5.91 Å². The van der Waals surface area contributed by atoms with Gasteiger partial charge in [-0.3, -0.25) is 14.8 Å². The van der Waals surface area contributed by atoms with Crippen LogP contribution < -0.4 is 16.8 Å². The van der Waals surface area contributed by atoms with Gasteiger partial charge in [0.15, 0.2) is 0 Å². The molecule has 7 aromatic carbocycles. The number of nitrogens with one attached hydrogen (secondary N) is 1. The molecular formula is C68H48BrF14IN8O4. The van der Waals surface area contributed by atoms with Gasteiger partial charge in [-0.05, 0) is 67.3 Å². The number of amides is 1. The minimum Gasteiger partial charge on any atom is -0.480 e. The molecule has 1 amide bonds. The largest absolute Gasteiger partial charge is 0.480 e. The van der Waals surface area contributed by atoms with E-state index in [1.807, 2.05) is 30.3 Å². The number of carbonyl (C=O) groups excluding carboxylic acids is 1. The maximum absolute atomic E-state index is 14.3. The number of nitrogens with zero attached hydrogens (tertiary/aromatic N) is 5. The van der Waals surface area contributed by atoms with E-state index in [0.29, 0.717) is 42.1 Å². The molecule has 28 heteroatoms. The van der Waals surface area contributed by atoms with Gasteiger partial charge < -0.3 is 21.9 Å². The van der Waals surface area contributed by atoms with E-state index in [1.165, 1.54) is 79.4 Å². The first kappa shape index (κ1) is 70.6. The van der Waals surface area contributed by atoms with E-state index < -0.39 is 106 Å². The van der Waals surface area contributed by atoms with Crippen molar-refractivity contribution in [3.8, 4) is 11.3 Å². The number of carboxylic acids is 1. The van der Waals surface area contributed by atoms with Crippen molar-refractivity contribution >= 4 is 114 Å². The van der Waals surface area contributed by atoms with Gasteiger partial charge in [-0.15, -0.1) is 0 Å². The molecule has 6 heterocycles. The number of carboxylic acid groups (broad SMARTS) is 1. The molecule has 0 bridgehead atoms. The molecule has 0 saturated heterocycles. The van der Waals surface area contributed by atoms with Gasteiger partial charge in [-0.1, -0.05) is 121 Å². The fourth-order valence-electron chi connectivity index (χ4n) is 10.1. The molecule has 13 rings (SSSR count). The van der Waals surface area contributed by atoms with Crippen LogP contribution in [-0.2, 0) is 38.4 Å². The normalized spacial score (nSPS) is 13.4. The zero-order valence-electron chi connectivity index (χ0n) is 49.4. The van der Waals surface area contributed by atoms with Crippen LogP contribution in [0.5, 0.6) is 0 Å². The summed E-state index contributed by atoms with van der Waals surface area (Å²) in [6.45, 7) is 3.38. The number of carbonyl (C=O) groups is 2. The Morgan fingerprint density at radius 1 is 0.562 bits per heavy atom. The van der Waals surface area contributed by atoms with E-state index in [-0.39, 0.29) is 44.0 Å². The van der Waals surface area contributed by atoms with Crippen LogP contribution in [0.4, 0.5) is 73.1 Å². The van der Waals surface area contributed by atoms with E-state index in [2.05, 4.69) is 46.2 Å². The smallest absolute Gasteiger partial charge is 0.420 e. The van der Waals surface area contributed by atoms with Crippen LogP contribution in [0.1, 0.15) is 52.0 Å². The fourth-order valence-corrected chi connectivity index (χ4v) is 15.1. The predicted octanol–water partition coefficient (Wildman–Crippen LogP) is 18.9. The Balaban J connectivity index is 0.000000158. The summed E-state index contributed by atoms with van der Waals surface area (Å²) < 4.78 is 187. The molecule has 1 aliphatic rings. The molecule has 0 radical (unpaired) electrons. The number of halogens is 16. The molecule has 1 atom stereocenters. The minimum absolute atomic E-state index is 0.0396. The summed E-state index contributed by atoms with van der Waals surface area (Å²) in [5.74, 6) is -4.99. The summed E-state index contributed by atoms with van der Waals surface area (Å²) in [5.41, 5.74) is 7.37. The Morgan fingerprint density at radius 3 is 1.62 bits per heavy atom. The molecule has 1 aliphatic heterocycles. The number of aromatic nitrogens is 5. The summed E-state index contributed by atoms with van der Waals surface area (Å²) >= 11 is -0.662. The van der Waals surface area contributed by atoms with Crippen molar-refractivity contribution in [3.63, 3.8) is 0 Å². The van der Waals surface area contributed by atoms with E-state index >= 15 is 0 Å². The molecule has 496 valence electrons.